The van der Waals surface area contributed by atoms with Crippen LogP contribution >= 0.6 is 22.9 Å². The second-order valence-electron chi connectivity index (χ2n) is 8.69. The summed E-state index contributed by atoms with van der Waals surface area (Å²) in [6.45, 7) is 0.210. The molecule has 0 bridgehead atoms. The summed E-state index contributed by atoms with van der Waals surface area (Å²) in [5, 5.41) is 5.53. The molecular weight excluding hydrogens is 539 g/mol. The number of amides is 3. The van der Waals surface area contributed by atoms with E-state index in [1.807, 2.05) is 41.8 Å². The molecule has 9 nitrogen and oxygen atoms in total. The molecule has 0 aliphatic carbocycles. The van der Waals surface area contributed by atoms with E-state index in [4.69, 9.17) is 11.5 Å². The van der Waals surface area contributed by atoms with Crippen LogP contribution in [0.4, 0.5) is 10.1 Å². The van der Waals surface area contributed by atoms with Crippen molar-refractivity contribution < 1.29 is 18.8 Å². The quantitative estimate of drug-likeness (QED) is 0.213. The molecule has 1 atom stereocenters. The van der Waals surface area contributed by atoms with Crippen LogP contribution < -0.4 is 16.8 Å². The largest absolute Gasteiger partial charge is 0.395 e. The summed E-state index contributed by atoms with van der Waals surface area (Å²) in [7, 11) is 0. The molecule has 12 heteroatoms. The fraction of sp³-hybridized carbons (Fsp3) is 0.111. The van der Waals surface area contributed by atoms with E-state index in [2.05, 4.69) is 14.7 Å². The van der Waals surface area contributed by atoms with Crippen molar-refractivity contribution in [1.29, 1.82) is 0 Å². The van der Waals surface area contributed by atoms with E-state index in [0.29, 0.717) is 11.1 Å². The van der Waals surface area contributed by atoms with Gasteiger partial charge in [0.05, 0.1) is 12.2 Å². The molecule has 5 rings (SSSR count). The maximum Gasteiger partial charge on any atom is 0.270 e. The Kier molecular flexibility index (Phi) is 7.39. The van der Waals surface area contributed by atoms with Crippen LogP contribution in [-0.2, 0) is 17.9 Å². The second-order valence-corrected chi connectivity index (χ2v) is 10.5. The lowest BCUT2D eigenvalue weighted by atomic mass is 10.0. The Hall–Kier alpha value is -4.55. The van der Waals surface area contributed by atoms with Gasteiger partial charge in [0.25, 0.3) is 11.8 Å². The third-order valence-corrected chi connectivity index (χ3v) is 7.89. The molecule has 0 fully saturated rings. The number of nitrogens with one attached hydrogen (secondary N) is 2. The van der Waals surface area contributed by atoms with E-state index in [9.17, 15) is 18.8 Å². The Morgan fingerprint density at radius 1 is 1.08 bits per heavy atom. The molecule has 2 aromatic carbocycles. The van der Waals surface area contributed by atoms with Gasteiger partial charge < -0.3 is 26.7 Å². The smallest absolute Gasteiger partial charge is 0.270 e. The Balaban J connectivity index is 1.59. The summed E-state index contributed by atoms with van der Waals surface area (Å²) >= 11 is 2.19. The van der Waals surface area contributed by atoms with Gasteiger partial charge >= 0.3 is 0 Å². The van der Waals surface area contributed by atoms with E-state index in [-0.39, 0.29) is 35.2 Å². The summed E-state index contributed by atoms with van der Waals surface area (Å²) in [4.78, 5) is 45.2. The fourth-order valence-corrected chi connectivity index (χ4v) is 5.73. The number of primary amides is 1. The van der Waals surface area contributed by atoms with Crippen molar-refractivity contribution in [2.24, 2.45) is 5.73 Å². The molecule has 0 radical (unpaired) electrons. The maximum absolute atomic E-state index is 14.1. The minimum absolute atomic E-state index is 0.0107. The molecular formula is C27H23FN6O3S2. The molecule has 3 aromatic heterocycles. The number of carbonyl (C=O) groups excluding carboxylic acids is 3. The van der Waals surface area contributed by atoms with E-state index >= 15 is 0 Å². The number of benzene rings is 2. The molecule has 0 aliphatic heterocycles. The van der Waals surface area contributed by atoms with Gasteiger partial charge in [-0.15, -0.1) is 11.3 Å². The summed E-state index contributed by atoms with van der Waals surface area (Å²) in [6, 6.07) is 15.9. The molecule has 198 valence electrons. The van der Waals surface area contributed by atoms with Crippen LogP contribution in [0.1, 0.15) is 42.2 Å². The Morgan fingerprint density at radius 3 is 2.54 bits per heavy atom. The van der Waals surface area contributed by atoms with E-state index in [1.165, 1.54) is 28.4 Å². The number of thiophene rings is 1. The van der Waals surface area contributed by atoms with Gasteiger partial charge in [-0.1, -0.05) is 36.4 Å². The number of fused-ring (bicyclic) bond motifs is 1. The van der Waals surface area contributed by atoms with Gasteiger partial charge in [0.1, 0.15) is 16.7 Å². The van der Waals surface area contributed by atoms with Crippen molar-refractivity contribution in [2.75, 3.05) is 5.73 Å². The van der Waals surface area contributed by atoms with Gasteiger partial charge in [-0.25, -0.2) is 4.39 Å². The average molecular weight is 563 g/mol. The summed E-state index contributed by atoms with van der Waals surface area (Å²) in [6.07, 6.45) is 1.70. The number of hydrogen-bond acceptors (Lipinski definition) is 7. The predicted octanol–water partition coefficient (Wildman–Crippen LogP) is 4.21. The number of anilines is 1. The van der Waals surface area contributed by atoms with Crippen LogP contribution in [0.15, 0.2) is 72.2 Å². The number of carbonyl (C=O) groups is 3. The van der Waals surface area contributed by atoms with Crippen LogP contribution in [0, 0.1) is 5.82 Å². The van der Waals surface area contributed by atoms with Crippen molar-refractivity contribution in [3.63, 3.8) is 0 Å². The number of halogens is 1. The van der Waals surface area contributed by atoms with Crippen LogP contribution in [0.25, 0.3) is 10.9 Å². The van der Waals surface area contributed by atoms with E-state index in [0.717, 1.165) is 27.3 Å². The molecule has 3 heterocycles. The van der Waals surface area contributed by atoms with Crippen molar-refractivity contribution in [1.82, 2.24) is 19.6 Å². The molecule has 6 N–H and O–H groups in total. The van der Waals surface area contributed by atoms with Gasteiger partial charge in [0.2, 0.25) is 5.91 Å². The number of rotatable bonds is 9. The Bertz CT molecular complexity index is 1650. The van der Waals surface area contributed by atoms with Crippen LogP contribution in [0.3, 0.4) is 0 Å². The molecule has 0 unspecified atom stereocenters. The van der Waals surface area contributed by atoms with Gasteiger partial charge in [-0.3, -0.25) is 14.4 Å². The van der Waals surface area contributed by atoms with Gasteiger partial charge in [-0.05, 0) is 46.7 Å². The monoisotopic (exact) mass is 562 g/mol. The highest BCUT2D eigenvalue weighted by Gasteiger charge is 2.36. The van der Waals surface area contributed by atoms with E-state index < -0.39 is 23.8 Å². The highest BCUT2D eigenvalue weighted by molar-refractivity contribution is 7.10. The number of nitrogens with two attached hydrogens (primary N) is 2. The van der Waals surface area contributed by atoms with Crippen molar-refractivity contribution >= 4 is 57.2 Å². The van der Waals surface area contributed by atoms with Gasteiger partial charge in [0.15, 0.2) is 5.69 Å². The lowest BCUT2D eigenvalue weighted by Crippen LogP contribution is -2.43. The number of para-hydroxylation sites is 1. The fourth-order valence-electron chi connectivity index (χ4n) is 4.27. The number of hydrogen-bond donors (Lipinski definition) is 4. The van der Waals surface area contributed by atoms with Gasteiger partial charge in [0, 0.05) is 34.1 Å². The van der Waals surface area contributed by atoms with Crippen molar-refractivity contribution in [3.8, 4) is 0 Å². The zero-order valence-electron chi connectivity index (χ0n) is 20.4. The van der Waals surface area contributed by atoms with Crippen molar-refractivity contribution in [3.05, 3.63) is 105 Å². The number of nitrogen functional groups attached to an aromatic ring is 1. The molecule has 0 aliphatic rings. The molecule has 0 saturated heterocycles. The predicted molar refractivity (Wildman–Crippen MR) is 149 cm³/mol. The lowest BCUT2D eigenvalue weighted by Gasteiger charge is -2.30. The highest BCUT2D eigenvalue weighted by Crippen LogP contribution is 2.34. The first-order valence-electron chi connectivity index (χ1n) is 11.8. The number of H-pyrrole nitrogens is 1. The third-order valence-electron chi connectivity index (χ3n) is 6.18. The van der Waals surface area contributed by atoms with E-state index in [1.54, 1.807) is 18.3 Å². The molecule has 39 heavy (non-hydrogen) atoms. The summed E-state index contributed by atoms with van der Waals surface area (Å²) < 4.78 is 17.4. The maximum atomic E-state index is 14.1. The minimum Gasteiger partial charge on any atom is -0.395 e. The first kappa shape index (κ1) is 26.1. The zero-order chi connectivity index (χ0) is 27.5. The highest BCUT2D eigenvalue weighted by atomic mass is 32.1. The number of aromatic nitrogens is 2. The minimum atomic E-state index is -1.09. The topological polar surface area (TPSA) is 147 Å². The average Bonchev–Trinajstić information content (AvgIpc) is 3.68. The molecule has 5 aromatic rings. The SMILES string of the molecule is NC(=O)c1nsc(C(=O)N(Cc2cccs2)[C@H](C(=O)NCc2ccc(F)cc2)c2c[nH]c3ccccc23)c1N. The third kappa shape index (κ3) is 5.38. The first-order chi connectivity index (χ1) is 18.8. The molecule has 3 amide bonds. The standard InChI is InChI=1S/C27H23FN6O3S2/c28-16-9-7-15(8-10-16)12-32-26(36)23(19-13-31-20-6-2-1-5-18(19)20)34(14-17-4-3-11-38-17)27(37)24-21(29)22(25(30)35)33-39-24/h1-11,13,23,31H,12,14,29H2,(H2,30,35)(H,32,36)/t23-/m0/s1. The second kappa shape index (κ2) is 11.1. The zero-order valence-corrected chi connectivity index (χ0v) is 22.0. The summed E-state index contributed by atoms with van der Waals surface area (Å²) in [5.74, 6) is -2.25. The van der Waals surface area contributed by atoms with Gasteiger partial charge in [-0.2, -0.15) is 4.37 Å². The lowest BCUT2D eigenvalue weighted by molar-refractivity contribution is -0.126. The Labute approximate surface area is 230 Å². The van der Waals surface area contributed by atoms with Crippen LogP contribution in [0.5, 0.6) is 0 Å². The Morgan fingerprint density at radius 2 is 1.85 bits per heavy atom. The molecule has 0 saturated carbocycles. The van der Waals surface area contributed by atoms with Crippen LogP contribution in [0.2, 0.25) is 0 Å². The summed E-state index contributed by atoms with van der Waals surface area (Å²) in [5.41, 5.74) is 13.2. The van der Waals surface area contributed by atoms with Crippen LogP contribution in [-0.4, -0.2) is 32.0 Å². The number of nitrogens with zero attached hydrogens (tertiary/aromatic N) is 2. The first-order valence-corrected chi connectivity index (χ1v) is 13.4. The number of aromatic amines is 1. The normalized spacial score (nSPS) is 11.8. The van der Waals surface area contributed by atoms with Crippen molar-refractivity contribution in [2.45, 2.75) is 19.1 Å². The molecule has 0 spiro atoms.